The van der Waals surface area contributed by atoms with Gasteiger partial charge in [-0.15, -0.1) is 0 Å². The van der Waals surface area contributed by atoms with Crippen LogP contribution in [0.15, 0.2) is 29.2 Å². The van der Waals surface area contributed by atoms with Crippen LogP contribution in [-0.4, -0.2) is 34.5 Å². The Morgan fingerprint density at radius 3 is 2.54 bits per heavy atom. The molecule has 0 spiro atoms. The molecule has 4 rings (SSSR count). The normalized spacial score (nSPS) is 27.4. The third-order valence-corrected chi connectivity index (χ3v) is 6.41. The molecule has 136 valence electrons. The van der Waals surface area contributed by atoms with Crippen molar-refractivity contribution in [1.29, 1.82) is 0 Å². The van der Waals surface area contributed by atoms with Gasteiger partial charge in [-0.2, -0.15) is 0 Å². The molecule has 3 fully saturated rings. The molecule has 1 saturated carbocycles. The van der Waals surface area contributed by atoms with Gasteiger partial charge in [-0.3, -0.25) is 19.7 Å². The van der Waals surface area contributed by atoms with Crippen molar-refractivity contribution in [3.63, 3.8) is 0 Å². The Bertz CT molecular complexity index is 770. The molecule has 0 unspecified atom stereocenters. The molecule has 2 saturated heterocycles. The van der Waals surface area contributed by atoms with Crippen LogP contribution in [0.2, 0.25) is 0 Å². The maximum atomic E-state index is 13.0. The molecular formula is C20H22N2O3S. The highest BCUT2D eigenvalue weighted by molar-refractivity contribution is 8.18. The number of piperidine rings is 1. The van der Waals surface area contributed by atoms with Crippen molar-refractivity contribution in [1.82, 2.24) is 10.2 Å². The lowest BCUT2D eigenvalue weighted by Crippen LogP contribution is -2.49. The van der Waals surface area contributed by atoms with E-state index in [1.54, 1.807) is 6.08 Å². The number of amides is 3. The zero-order valence-electron chi connectivity index (χ0n) is 14.6. The first-order chi connectivity index (χ1) is 12.6. The highest BCUT2D eigenvalue weighted by Gasteiger charge is 2.35. The number of fused-ring (bicyclic) bond motifs is 1. The number of nitrogens with one attached hydrogen (secondary N) is 1. The molecule has 1 N–H and O–H groups in total. The maximum Gasteiger partial charge on any atom is 0.290 e. The van der Waals surface area contributed by atoms with Gasteiger partial charge in [0.15, 0.2) is 0 Å². The number of benzene rings is 1. The number of thioether (sulfide) groups is 1. The molecule has 0 radical (unpaired) electrons. The van der Waals surface area contributed by atoms with Gasteiger partial charge in [0.25, 0.3) is 17.1 Å². The largest absolute Gasteiger partial charge is 0.335 e. The SMILES string of the molecule is O=C1NC(=O)/C(=C/c2ccc(C(=O)N3CCC[C@H]4CCCC[C@H]43)cc2)S1. The van der Waals surface area contributed by atoms with Crippen molar-refractivity contribution in [3.8, 4) is 0 Å². The number of imide groups is 1. The lowest BCUT2D eigenvalue weighted by molar-refractivity contribution is -0.115. The first-order valence-electron chi connectivity index (χ1n) is 9.28. The van der Waals surface area contributed by atoms with Crippen LogP contribution < -0.4 is 5.32 Å². The number of likely N-dealkylation sites (tertiary alicyclic amines) is 1. The van der Waals surface area contributed by atoms with E-state index in [0.717, 1.165) is 36.7 Å². The Balaban J connectivity index is 1.49. The second kappa shape index (κ2) is 7.27. The number of carbonyl (C=O) groups excluding carboxylic acids is 3. The summed E-state index contributed by atoms with van der Waals surface area (Å²) in [5, 5.41) is 1.90. The molecule has 6 heteroatoms. The topological polar surface area (TPSA) is 66.5 Å². The van der Waals surface area contributed by atoms with Crippen molar-refractivity contribution in [3.05, 3.63) is 40.3 Å². The molecule has 1 aliphatic carbocycles. The first-order valence-corrected chi connectivity index (χ1v) is 10.1. The van der Waals surface area contributed by atoms with E-state index in [0.29, 0.717) is 22.4 Å². The highest BCUT2D eigenvalue weighted by Crippen LogP contribution is 2.36. The summed E-state index contributed by atoms with van der Waals surface area (Å²) < 4.78 is 0. The van der Waals surface area contributed by atoms with Crippen LogP contribution in [-0.2, 0) is 4.79 Å². The van der Waals surface area contributed by atoms with Crippen LogP contribution in [0.4, 0.5) is 4.79 Å². The molecule has 26 heavy (non-hydrogen) atoms. The molecule has 1 aromatic rings. The van der Waals surface area contributed by atoms with E-state index in [9.17, 15) is 14.4 Å². The second-order valence-corrected chi connectivity index (χ2v) is 8.24. The van der Waals surface area contributed by atoms with Gasteiger partial charge < -0.3 is 4.90 Å². The Kier molecular flexibility index (Phi) is 4.85. The molecule has 3 amide bonds. The third kappa shape index (κ3) is 3.43. The quantitative estimate of drug-likeness (QED) is 0.804. The Hall–Kier alpha value is -2.08. The van der Waals surface area contributed by atoms with E-state index >= 15 is 0 Å². The van der Waals surface area contributed by atoms with E-state index in [4.69, 9.17) is 0 Å². The highest BCUT2D eigenvalue weighted by atomic mass is 32.2. The summed E-state index contributed by atoms with van der Waals surface area (Å²) in [4.78, 5) is 38.3. The van der Waals surface area contributed by atoms with Gasteiger partial charge in [0.1, 0.15) is 0 Å². The number of hydrogen-bond acceptors (Lipinski definition) is 4. The third-order valence-electron chi connectivity index (χ3n) is 5.60. The van der Waals surface area contributed by atoms with Crippen LogP contribution >= 0.6 is 11.8 Å². The van der Waals surface area contributed by atoms with E-state index < -0.39 is 0 Å². The van der Waals surface area contributed by atoms with Gasteiger partial charge in [-0.1, -0.05) is 25.0 Å². The lowest BCUT2D eigenvalue weighted by Gasteiger charge is -2.44. The van der Waals surface area contributed by atoms with E-state index in [2.05, 4.69) is 10.2 Å². The van der Waals surface area contributed by atoms with Gasteiger partial charge in [0, 0.05) is 18.2 Å². The van der Waals surface area contributed by atoms with Crippen LogP contribution in [0, 0.1) is 5.92 Å². The Morgan fingerprint density at radius 1 is 1.08 bits per heavy atom. The standard InChI is InChI=1S/C20H22N2O3S/c23-18-17(26-20(25)21-18)12-13-7-9-15(10-8-13)19(24)22-11-3-5-14-4-1-2-6-16(14)22/h7-10,12,14,16H,1-6,11H2,(H,21,23,25)/b17-12-/t14-,16-/m1/s1. The van der Waals surface area contributed by atoms with Crippen molar-refractivity contribution in [2.24, 2.45) is 5.92 Å². The van der Waals surface area contributed by atoms with Crippen molar-refractivity contribution in [2.75, 3.05) is 6.54 Å². The van der Waals surface area contributed by atoms with Crippen molar-refractivity contribution < 1.29 is 14.4 Å². The van der Waals surface area contributed by atoms with Crippen LogP contribution in [0.3, 0.4) is 0 Å². The number of rotatable bonds is 2. The van der Waals surface area contributed by atoms with Gasteiger partial charge in [-0.25, -0.2) is 0 Å². The van der Waals surface area contributed by atoms with E-state index in [1.165, 1.54) is 25.7 Å². The molecule has 0 bridgehead atoms. The summed E-state index contributed by atoms with van der Waals surface area (Å²) in [6, 6.07) is 7.70. The minimum Gasteiger partial charge on any atom is -0.335 e. The zero-order chi connectivity index (χ0) is 18.1. The summed E-state index contributed by atoms with van der Waals surface area (Å²) >= 11 is 0.900. The number of nitrogens with zero attached hydrogens (tertiary/aromatic N) is 1. The fourth-order valence-corrected chi connectivity index (χ4v) is 5.02. The lowest BCUT2D eigenvalue weighted by atomic mass is 9.78. The van der Waals surface area contributed by atoms with Gasteiger partial charge in [-0.05, 0) is 67.1 Å². The fraction of sp³-hybridized carbons (Fsp3) is 0.450. The monoisotopic (exact) mass is 370 g/mol. The van der Waals surface area contributed by atoms with Gasteiger partial charge in [0.2, 0.25) is 0 Å². The molecule has 3 aliphatic rings. The summed E-state index contributed by atoms with van der Waals surface area (Å²) in [6.07, 6.45) is 8.91. The van der Waals surface area contributed by atoms with E-state index in [1.807, 2.05) is 24.3 Å². The first kappa shape index (κ1) is 17.3. The summed E-state index contributed by atoms with van der Waals surface area (Å²) in [5.41, 5.74) is 1.50. The molecule has 2 aliphatic heterocycles. The number of carbonyl (C=O) groups is 3. The Morgan fingerprint density at radius 2 is 1.81 bits per heavy atom. The van der Waals surface area contributed by atoms with Crippen LogP contribution in [0.5, 0.6) is 0 Å². The fourth-order valence-electron chi connectivity index (χ4n) is 4.34. The average Bonchev–Trinajstić information content (AvgIpc) is 2.98. The van der Waals surface area contributed by atoms with Gasteiger partial charge >= 0.3 is 0 Å². The smallest absolute Gasteiger partial charge is 0.290 e. The average molecular weight is 370 g/mol. The molecule has 2 atom stereocenters. The second-order valence-electron chi connectivity index (χ2n) is 7.23. The zero-order valence-corrected chi connectivity index (χ0v) is 15.4. The van der Waals surface area contributed by atoms with Crippen molar-refractivity contribution >= 4 is 34.9 Å². The van der Waals surface area contributed by atoms with Crippen LogP contribution in [0.1, 0.15) is 54.4 Å². The predicted octanol–water partition coefficient (Wildman–Crippen LogP) is 3.81. The van der Waals surface area contributed by atoms with Crippen LogP contribution in [0.25, 0.3) is 6.08 Å². The molecule has 5 nitrogen and oxygen atoms in total. The molecule has 1 aromatic carbocycles. The van der Waals surface area contributed by atoms with Crippen molar-refractivity contribution in [2.45, 2.75) is 44.6 Å². The maximum absolute atomic E-state index is 13.0. The number of hydrogen-bond donors (Lipinski definition) is 1. The minimum absolute atomic E-state index is 0.115. The minimum atomic E-state index is -0.364. The molecule has 2 heterocycles. The van der Waals surface area contributed by atoms with E-state index in [-0.39, 0.29) is 17.1 Å². The summed E-state index contributed by atoms with van der Waals surface area (Å²) in [7, 11) is 0. The molecule has 0 aromatic heterocycles. The Labute approximate surface area is 157 Å². The summed E-state index contributed by atoms with van der Waals surface area (Å²) in [6.45, 7) is 0.852. The predicted molar refractivity (Wildman–Crippen MR) is 102 cm³/mol. The van der Waals surface area contributed by atoms with Gasteiger partial charge in [0.05, 0.1) is 4.91 Å². The molecular weight excluding hydrogens is 348 g/mol. The summed E-state index contributed by atoms with van der Waals surface area (Å²) in [5.74, 6) is 0.418.